The van der Waals surface area contributed by atoms with Crippen LogP contribution in [0, 0.1) is 0 Å². The van der Waals surface area contributed by atoms with Crippen molar-refractivity contribution in [2.24, 2.45) is 0 Å². The third kappa shape index (κ3) is 6.07. The predicted octanol–water partition coefficient (Wildman–Crippen LogP) is 18.6. The van der Waals surface area contributed by atoms with Gasteiger partial charge in [0.15, 0.2) is 0 Å². The molecule has 13 rings (SSSR count). The summed E-state index contributed by atoms with van der Waals surface area (Å²) in [6, 6.07) is 94.4. The van der Waals surface area contributed by atoms with Crippen LogP contribution in [-0.2, 0) is 0 Å². The molecule has 0 saturated heterocycles. The van der Waals surface area contributed by atoms with Crippen molar-refractivity contribution in [1.29, 1.82) is 0 Å². The van der Waals surface area contributed by atoms with Gasteiger partial charge in [-0.25, -0.2) is 0 Å². The van der Waals surface area contributed by atoms with E-state index in [1.54, 1.807) is 0 Å². The second-order valence-electron chi connectivity index (χ2n) is 17.4. The highest BCUT2D eigenvalue weighted by Gasteiger charge is 2.22. The van der Waals surface area contributed by atoms with Gasteiger partial charge < -0.3 is 0 Å². The SMILES string of the molecule is c1ccc(-c2ccc(-c3ccccc3)c(-c3cccc(-c4ccc5c6cccc7c6-c6c(cccc6c6ccccc6c5c4)c4ccccc4c4ccccc74)c3)c2-c2ccccc2)cc1. The molecule has 306 valence electrons. The molecule has 2 aliphatic carbocycles. The van der Waals surface area contributed by atoms with Crippen molar-refractivity contribution in [3.8, 4) is 66.8 Å². The molecule has 0 unspecified atom stereocenters. The molecule has 11 aromatic rings. The van der Waals surface area contributed by atoms with E-state index < -0.39 is 0 Å². The summed E-state index contributed by atoms with van der Waals surface area (Å²) in [5.41, 5.74) is 14.6. The zero-order chi connectivity index (χ0) is 43.6. The van der Waals surface area contributed by atoms with E-state index in [-0.39, 0.29) is 0 Å². The summed E-state index contributed by atoms with van der Waals surface area (Å²) >= 11 is 0. The van der Waals surface area contributed by atoms with E-state index >= 15 is 0 Å². The average molecular weight is 835 g/mol. The quantitative estimate of drug-likeness (QED) is 0.162. The molecule has 0 nitrogen and oxygen atoms in total. The van der Waals surface area contributed by atoms with Crippen LogP contribution in [0.2, 0.25) is 0 Å². The molecule has 0 aliphatic heterocycles. The van der Waals surface area contributed by atoms with Crippen LogP contribution in [0.5, 0.6) is 0 Å². The van der Waals surface area contributed by atoms with Gasteiger partial charge in [-0.1, -0.05) is 243 Å². The Kier molecular flexibility index (Phi) is 8.96. The third-order valence-corrected chi connectivity index (χ3v) is 13.8. The molecule has 0 N–H and O–H groups in total. The zero-order valence-electron chi connectivity index (χ0n) is 36.2. The van der Waals surface area contributed by atoms with Gasteiger partial charge in [-0.2, -0.15) is 0 Å². The highest BCUT2D eigenvalue weighted by Crippen LogP contribution is 2.49. The third-order valence-electron chi connectivity index (χ3n) is 13.8. The molecule has 0 fully saturated rings. The van der Waals surface area contributed by atoms with Crippen molar-refractivity contribution >= 4 is 64.6 Å². The Labute approximate surface area is 384 Å². The molecule has 0 bridgehead atoms. The monoisotopic (exact) mass is 834 g/mol. The molecule has 0 heteroatoms. The van der Waals surface area contributed by atoms with Gasteiger partial charge in [0.2, 0.25) is 0 Å². The maximum atomic E-state index is 2.45. The van der Waals surface area contributed by atoms with E-state index in [9.17, 15) is 0 Å². The summed E-state index contributed by atoms with van der Waals surface area (Å²) in [6.07, 6.45) is 0. The first-order valence-electron chi connectivity index (χ1n) is 22.9. The van der Waals surface area contributed by atoms with Crippen LogP contribution in [-0.4, -0.2) is 0 Å². The topological polar surface area (TPSA) is 0 Å². The van der Waals surface area contributed by atoms with Gasteiger partial charge >= 0.3 is 0 Å². The molecule has 0 radical (unpaired) electrons. The maximum Gasteiger partial charge on any atom is -0.00139 e. The lowest BCUT2D eigenvalue weighted by Gasteiger charge is -2.21. The Hall–Kier alpha value is -8.58. The minimum atomic E-state index is 1.18. The predicted molar refractivity (Wildman–Crippen MR) is 284 cm³/mol. The first-order chi connectivity index (χ1) is 32.8. The molecule has 0 saturated carbocycles. The van der Waals surface area contributed by atoms with E-state index in [0.29, 0.717) is 0 Å². The minimum absolute atomic E-state index is 1.18. The Balaban J connectivity index is 1.12. The molecule has 66 heavy (non-hydrogen) atoms. The van der Waals surface area contributed by atoms with Gasteiger partial charge in [0, 0.05) is 0 Å². The lowest BCUT2D eigenvalue weighted by Crippen LogP contribution is -1.95. The number of benzene rings is 11. The second kappa shape index (κ2) is 15.6. The fraction of sp³-hybridized carbons (Fsp3) is 0. The molecule has 0 spiro atoms. The molecular formula is C66H42. The maximum absolute atomic E-state index is 2.45. The normalized spacial score (nSPS) is 11.6. The molecule has 0 amide bonds. The fourth-order valence-corrected chi connectivity index (χ4v) is 11.0. The van der Waals surface area contributed by atoms with Gasteiger partial charge in [-0.05, 0) is 144 Å². The van der Waals surface area contributed by atoms with Crippen LogP contribution in [0.4, 0.5) is 0 Å². The van der Waals surface area contributed by atoms with E-state index in [0.717, 1.165) is 0 Å². The van der Waals surface area contributed by atoms with E-state index in [2.05, 4.69) is 255 Å². The Morgan fingerprint density at radius 2 is 0.439 bits per heavy atom. The van der Waals surface area contributed by atoms with Crippen molar-refractivity contribution in [2.45, 2.75) is 0 Å². The molecular weight excluding hydrogens is 793 g/mol. The highest BCUT2D eigenvalue weighted by atomic mass is 14.2. The van der Waals surface area contributed by atoms with Crippen molar-refractivity contribution in [3.05, 3.63) is 255 Å². The lowest BCUT2D eigenvalue weighted by atomic mass is 9.82. The molecule has 2 aliphatic rings. The van der Waals surface area contributed by atoms with Crippen LogP contribution >= 0.6 is 0 Å². The Morgan fingerprint density at radius 1 is 0.136 bits per heavy atom. The molecule has 11 aromatic carbocycles. The largest absolute Gasteiger partial charge is 0.0622 e. The highest BCUT2D eigenvalue weighted by molar-refractivity contribution is 6.32. The summed E-state index contributed by atoms with van der Waals surface area (Å²) in [5, 5.41) is 15.0. The number of hydrogen-bond acceptors (Lipinski definition) is 0. The molecule has 0 heterocycles. The number of fused-ring (bicyclic) bond motifs is 10. The Bertz CT molecular complexity index is 4010. The van der Waals surface area contributed by atoms with Crippen molar-refractivity contribution < 1.29 is 0 Å². The molecule has 0 aromatic heterocycles. The van der Waals surface area contributed by atoms with E-state index in [1.165, 1.54) is 131 Å². The summed E-state index contributed by atoms with van der Waals surface area (Å²) in [4.78, 5) is 0. The van der Waals surface area contributed by atoms with E-state index in [4.69, 9.17) is 0 Å². The molecule has 0 atom stereocenters. The summed E-state index contributed by atoms with van der Waals surface area (Å²) < 4.78 is 0. The van der Waals surface area contributed by atoms with Crippen molar-refractivity contribution in [3.63, 3.8) is 0 Å². The van der Waals surface area contributed by atoms with Crippen LogP contribution in [0.25, 0.3) is 131 Å². The van der Waals surface area contributed by atoms with Gasteiger partial charge in [-0.15, -0.1) is 0 Å². The fourth-order valence-electron chi connectivity index (χ4n) is 11.0. The number of rotatable bonds is 5. The number of hydrogen-bond donors (Lipinski definition) is 0. The first-order valence-corrected chi connectivity index (χ1v) is 22.9. The zero-order valence-corrected chi connectivity index (χ0v) is 36.2. The summed E-state index contributed by atoms with van der Waals surface area (Å²) in [7, 11) is 0. The van der Waals surface area contributed by atoms with Crippen LogP contribution < -0.4 is 0 Å². The van der Waals surface area contributed by atoms with Crippen LogP contribution in [0.3, 0.4) is 0 Å². The minimum Gasteiger partial charge on any atom is -0.0622 e. The summed E-state index contributed by atoms with van der Waals surface area (Å²) in [6.45, 7) is 0. The smallest absolute Gasteiger partial charge is 0.00139 e. The van der Waals surface area contributed by atoms with E-state index in [1.807, 2.05) is 0 Å². The van der Waals surface area contributed by atoms with Gasteiger partial charge in [0.1, 0.15) is 0 Å². The average Bonchev–Trinajstić information content (AvgIpc) is 3.40. The lowest BCUT2D eigenvalue weighted by molar-refractivity contribution is 1.54. The van der Waals surface area contributed by atoms with Gasteiger partial charge in [-0.3, -0.25) is 0 Å². The van der Waals surface area contributed by atoms with Crippen molar-refractivity contribution in [1.82, 2.24) is 0 Å². The van der Waals surface area contributed by atoms with Crippen LogP contribution in [0.15, 0.2) is 255 Å². The first kappa shape index (κ1) is 37.9. The summed E-state index contributed by atoms with van der Waals surface area (Å²) in [5.74, 6) is 0. The van der Waals surface area contributed by atoms with Gasteiger partial charge in [0.25, 0.3) is 0 Å². The van der Waals surface area contributed by atoms with Crippen molar-refractivity contribution in [2.75, 3.05) is 0 Å². The van der Waals surface area contributed by atoms with Crippen LogP contribution in [0.1, 0.15) is 0 Å². The second-order valence-corrected chi connectivity index (χ2v) is 17.4. The standard InChI is InChI=1S/C66H42/c1-4-19-43(20-5-1)49-39-40-50(44-21-6-2-7-22-44)64(63(49)45-23-8-3-9-24-45)48-26-16-25-46(41-48)47-37-38-57-61-36-18-34-59-54-30-13-11-28-52(54)51-27-10-12-29-53(51)58-33-17-35-60(65(58)66(59)61)55-31-14-15-32-56(55)62(57)42-47/h1-42H. The Morgan fingerprint density at radius 3 is 0.909 bits per heavy atom. The van der Waals surface area contributed by atoms with Gasteiger partial charge in [0.05, 0.1) is 0 Å².